The summed E-state index contributed by atoms with van der Waals surface area (Å²) in [5.41, 5.74) is 2.62. The number of hydrogen-bond acceptors (Lipinski definition) is 2. The number of halogens is 2. The Balaban J connectivity index is 1.65. The first-order chi connectivity index (χ1) is 11.5. The van der Waals surface area contributed by atoms with E-state index in [-0.39, 0.29) is 11.2 Å². The van der Waals surface area contributed by atoms with Crippen molar-refractivity contribution < 1.29 is 10.5 Å². The van der Waals surface area contributed by atoms with Gasteiger partial charge in [-0.05, 0) is 58.1 Å². The van der Waals surface area contributed by atoms with E-state index in [1.54, 1.807) is 13.2 Å². The highest BCUT2D eigenvalue weighted by Gasteiger charge is 2.50. The fourth-order valence-corrected chi connectivity index (χ4v) is 3.88. The van der Waals surface area contributed by atoms with Gasteiger partial charge < -0.3 is 4.74 Å². The molecule has 1 spiro atoms. The van der Waals surface area contributed by atoms with Gasteiger partial charge in [0.2, 0.25) is 0 Å². The highest BCUT2D eigenvalue weighted by atomic mass is 79.9. The third-order valence-corrected chi connectivity index (χ3v) is 5.50. The van der Waals surface area contributed by atoms with Crippen LogP contribution in [0.25, 0.3) is 0 Å². The average molecular weight is 377 g/mol. The first-order valence-electron chi connectivity index (χ1n) is 8.39. The van der Waals surface area contributed by atoms with Gasteiger partial charge >= 0.3 is 0 Å². The Kier molecular flexibility index (Phi) is 3.41. The maximum atomic E-state index is 14.7. The van der Waals surface area contributed by atoms with E-state index in [0.717, 1.165) is 41.8 Å². The molecule has 23 heavy (non-hydrogen) atoms. The van der Waals surface area contributed by atoms with E-state index in [4.69, 9.17) is 6.11 Å². The Bertz CT molecular complexity index is 776. The topological polar surface area (TPSA) is 12.5 Å². The molecule has 1 heterocycles. The van der Waals surface area contributed by atoms with Crippen LogP contribution in [-0.2, 0) is 18.5 Å². The van der Waals surface area contributed by atoms with Crippen molar-refractivity contribution in [3.8, 4) is 5.75 Å². The van der Waals surface area contributed by atoms with E-state index in [1.165, 1.54) is 0 Å². The predicted molar refractivity (Wildman–Crippen MR) is 92.1 cm³/mol. The van der Waals surface area contributed by atoms with E-state index < -0.39 is 6.52 Å². The predicted octanol–water partition coefficient (Wildman–Crippen LogP) is 4.64. The van der Waals surface area contributed by atoms with Gasteiger partial charge in [0.1, 0.15) is 11.6 Å². The molecule has 1 aliphatic carbocycles. The molecule has 0 bridgehead atoms. The van der Waals surface area contributed by atoms with Gasteiger partial charge in [0, 0.05) is 32.0 Å². The fourth-order valence-electron chi connectivity index (χ4n) is 3.55. The summed E-state index contributed by atoms with van der Waals surface area (Å²) in [4.78, 5) is 2.14. The van der Waals surface area contributed by atoms with Gasteiger partial charge in [-0.2, -0.15) is 0 Å². The van der Waals surface area contributed by atoms with Gasteiger partial charge in [0.05, 0.1) is 11.6 Å². The molecule has 0 aromatic heterocycles. The Hall–Kier alpha value is -1.39. The fraction of sp³-hybridized carbons (Fsp3) is 0.368. The standard InChI is InChI=1S/C19H19BrFNO/c1-23-15-5-2-13(3-6-15)10-22-11-14-4-7-16(20)18(21)17(14)19(12-22)8-9-19/h2-7H,8-12H2,1H3/i11D. The van der Waals surface area contributed by atoms with Gasteiger partial charge in [-0.15, -0.1) is 0 Å². The van der Waals surface area contributed by atoms with Crippen LogP contribution in [0.3, 0.4) is 0 Å². The Morgan fingerprint density at radius 3 is 2.65 bits per heavy atom. The zero-order chi connectivity index (χ0) is 16.9. The number of benzene rings is 2. The molecule has 0 saturated heterocycles. The van der Waals surface area contributed by atoms with Crippen LogP contribution in [-0.4, -0.2) is 18.6 Å². The number of rotatable bonds is 3. The van der Waals surface area contributed by atoms with Gasteiger partial charge in [-0.1, -0.05) is 18.2 Å². The van der Waals surface area contributed by atoms with Crippen molar-refractivity contribution in [3.63, 3.8) is 0 Å². The molecule has 1 fully saturated rings. The lowest BCUT2D eigenvalue weighted by Crippen LogP contribution is -2.38. The van der Waals surface area contributed by atoms with Gasteiger partial charge in [-0.25, -0.2) is 4.39 Å². The third-order valence-electron chi connectivity index (χ3n) is 4.88. The molecule has 2 aliphatic rings. The number of nitrogens with zero attached hydrogens (tertiary/aromatic N) is 1. The van der Waals surface area contributed by atoms with Crippen molar-refractivity contribution in [1.82, 2.24) is 4.90 Å². The molecule has 1 saturated carbocycles. The van der Waals surface area contributed by atoms with Crippen molar-refractivity contribution in [1.29, 1.82) is 0 Å². The smallest absolute Gasteiger partial charge is 0.141 e. The lowest BCUT2D eigenvalue weighted by atomic mass is 9.86. The number of fused-ring (bicyclic) bond motifs is 2. The molecular formula is C19H19BrFNO. The maximum Gasteiger partial charge on any atom is 0.141 e. The summed E-state index contributed by atoms with van der Waals surface area (Å²) in [7, 11) is 1.65. The minimum absolute atomic E-state index is 0.104. The molecule has 120 valence electrons. The largest absolute Gasteiger partial charge is 0.497 e. The quantitative estimate of drug-likeness (QED) is 0.773. The van der Waals surface area contributed by atoms with E-state index in [9.17, 15) is 4.39 Å². The Morgan fingerprint density at radius 2 is 2.00 bits per heavy atom. The Labute approximate surface area is 145 Å². The van der Waals surface area contributed by atoms with Gasteiger partial charge in [0.25, 0.3) is 0 Å². The minimum Gasteiger partial charge on any atom is -0.497 e. The molecule has 2 nitrogen and oxygen atoms in total. The van der Waals surface area contributed by atoms with Crippen molar-refractivity contribution >= 4 is 15.9 Å². The minimum atomic E-state index is -0.532. The lowest BCUT2D eigenvalue weighted by Gasteiger charge is -2.35. The summed E-state index contributed by atoms with van der Waals surface area (Å²) in [6, 6.07) is 11.6. The van der Waals surface area contributed by atoms with Crippen molar-refractivity contribution in [2.45, 2.75) is 31.3 Å². The summed E-state index contributed by atoms with van der Waals surface area (Å²) in [6.45, 7) is 0.904. The molecule has 1 aliphatic heterocycles. The number of methoxy groups -OCH3 is 1. The van der Waals surface area contributed by atoms with E-state index in [0.29, 0.717) is 11.0 Å². The van der Waals surface area contributed by atoms with Crippen LogP contribution in [0.4, 0.5) is 4.39 Å². The molecule has 2 aromatic carbocycles. The highest BCUT2D eigenvalue weighted by Crippen LogP contribution is 2.54. The van der Waals surface area contributed by atoms with Crippen LogP contribution in [0.15, 0.2) is 40.9 Å². The summed E-state index contributed by atoms with van der Waals surface area (Å²) in [5, 5.41) is 0. The zero-order valence-corrected chi connectivity index (χ0v) is 14.6. The molecule has 4 heteroatoms. The highest BCUT2D eigenvalue weighted by molar-refractivity contribution is 9.10. The summed E-state index contributed by atoms with van der Waals surface area (Å²) in [6.07, 6.45) is 2.00. The first kappa shape index (κ1) is 14.0. The SMILES string of the molecule is [2H]C1c2ccc(Br)c(F)c2C2(CC2)CN1Cc1ccc(OC)cc1. The number of hydrogen-bond donors (Lipinski definition) is 0. The second-order valence-electron chi connectivity index (χ2n) is 6.49. The second kappa shape index (κ2) is 5.60. The molecule has 1 atom stereocenters. The summed E-state index contributed by atoms with van der Waals surface area (Å²) >= 11 is 3.29. The van der Waals surface area contributed by atoms with E-state index in [2.05, 4.69) is 20.8 Å². The van der Waals surface area contributed by atoms with E-state index >= 15 is 0 Å². The van der Waals surface area contributed by atoms with Crippen LogP contribution in [0.5, 0.6) is 5.75 Å². The third kappa shape index (κ3) is 2.68. The van der Waals surface area contributed by atoms with Crippen LogP contribution < -0.4 is 4.74 Å². The number of ether oxygens (including phenoxy) is 1. The molecular weight excluding hydrogens is 357 g/mol. The van der Waals surface area contributed by atoms with Crippen molar-refractivity contribution in [3.05, 3.63) is 63.4 Å². The van der Waals surface area contributed by atoms with Crippen molar-refractivity contribution in [2.24, 2.45) is 0 Å². The second-order valence-corrected chi connectivity index (χ2v) is 7.34. The first-order valence-corrected chi connectivity index (χ1v) is 8.61. The Morgan fingerprint density at radius 1 is 1.26 bits per heavy atom. The van der Waals surface area contributed by atoms with E-state index in [1.807, 2.05) is 30.3 Å². The molecule has 0 radical (unpaired) electrons. The lowest BCUT2D eigenvalue weighted by molar-refractivity contribution is 0.209. The molecule has 0 amide bonds. The summed E-state index contributed by atoms with van der Waals surface area (Å²) in [5.74, 6) is 0.655. The molecule has 0 N–H and O–H groups in total. The van der Waals surface area contributed by atoms with Crippen LogP contribution in [0.2, 0.25) is 0 Å². The molecule has 1 unspecified atom stereocenters. The van der Waals surface area contributed by atoms with Gasteiger partial charge in [-0.3, -0.25) is 4.90 Å². The van der Waals surface area contributed by atoms with Crippen LogP contribution in [0, 0.1) is 5.82 Å². The average Bonchev–Trinajstić information content (AvgIpc) is 3.35. The normalized spacial score (nSPS) is 22.6. The van der Waals surface area contributed by atoms with Crippen LogP contribution >= 0.6 is 15.9 Å². The van der Waals surface area contributed by atoms with Crippen LogP contribution in [0.1, 0.15) is 30.9 Å². The molecule has 4 rings (SSSR count). The monoisotopic (exact) mass is 376 g/mol. The zero-order valence-electron chi connectivity index (χ0n) is 14.0. The summed E-state index contributed by atoms with van der Waals surface area (Å²) < 4.78 is 29.0. The van der Waals surface area contributed by atoms with Crippen molar-refractivity contribution in [2.75, 3.05) is 13.7 Å². The van der Waals surface area contributed by atoms with Gasteiger partial charge in [0.15, 0.2) is 0 Å². The maximum absolute atomic E-state index is 14.7. The molecule has 2 aromatic rings.